The van der Waals surface area contributed by atoms with Gasteiger partial charge in [-0.1, -0.05) is 0 Å². The van der Waals surface area contributed by atoms with Crippen molar-refractivity contribution in [2.24, 2.45) is 5.73 Å². The number of aryl methyl sites for hydroxylation is 1. The molecule has 5 heteroatoms. The van der Waals surface area contributed by atoms with Crippen LogP contribution in [0.5, 0.6) is 0 Å². The Morgan fingerprint density at radius 2 is 2.40 bits per heavy atom. The normalized spacial score (nSPS) is 13.4. The molecule has 0 fully saturated rings. The van der Waals surface area contributed by atoms with Crippen LogP contribution in [0.1, 0.15) is 31.2 Å². The van der Waals surface area contributed by atoms with E-state index in [1.165, 1.54) is 5.56 Å². The Morgan fingerprint density at radius 1 is 1.67 bits per heavy atom. The molecule has 0 aromatic carbocycles. The van der Waals surface area contributed by atoms with Crippen molar-refractivity contribution >= 4 is 28.0 Å². The second-order valence-corrected chi connectivity index (χ2v) is 10.5. The van der Waals surface area contributed by atoms with Crippen molar-refractivity contribution in [2.75, 3.05) is 6.61 Å². The molecule has 2 N–H and O–H groups in total. The Balaban J connectivity index is 2.46. The first-order chi connectivity index (χ1) is 7.15. The van der Waals surface area contributed by atoms with Crippen LogP contribution in [0.25, 0.3) is 0 Å². The van der Waals surface area contributed by atoms with E-state index < -0.39 is 19.0 Å². The molecule has 1 rings (SSSR count). The van der Waals surface area contributed by atoms with Crippen LogP contribution in [0.2, 0.25) is 4.44 Å². The fourth-order valence-corrected chi connectivity index (χ4v) is 5.42. The Kier molecular flexibility index (Phi) is 6.04. The molecule has 0 amide bonds. The van der Waals surface area contributed by atoms with Crippen LogP contribution in [-0.4, -0.2) is 25.7 Å². The minimum absolute atomic E-state index is 0.0514. The van der Waals surface area contributed by atoms with Gasteiger partial charge in [0.1, 0.15) is 0 Å². The number of furan rings is 1. The van der Waals surface area contributed by atoms with Crippen LogP contribution < -0.4 is 5.73 Å². The second-order valence-electron chi connectivity index (χ2n) is 3.39. The van der Waals surface area contributed by atoms with Gasteiger partial charge in [0.15, 0.2) is 0 Å². The molecular weight excluding hydrogens is 320 g/mol. The van der Waals surface area contributed by atoms with Gasteiger partial charge in [-0.05, 0) is 0 Å². The summed E-state index contributed by atoms with van der Waals surface area (Å²) in [6, 6.07) is 1.92. The molecular formula is C10H17ClNO2Sn. The molecule has 1 radical (unpaired) electrons. The van der Waals surface area contributed by atoms with Crippen molar-refractivity contribution in [1.82, 2.24) is 0 Å². The predicted molar refractivity (Wildman–Crippen MR) is 63.1 cm³/mol. The number of halogens is 1. The van der Waals surface area contributed by atoms with Gasteiger partial charge in [-0.15, -0.1) is 0 Å². The van der Waals surface area contributed by atoms with Crippen molar-refractivity contribution in [3.8, 4) is 0 Å². The van der Waals surface area contributed by atoms with Gasteiger partial charge in [0.25, 0.3) is 0 Å². The van der Waals surface area contributed by atoms with Crippen LogP contribution >= 0.6 is 8.92 Å². The number of hydrogen-bond donors (Lipinski definition) is 1. The Morgan fingerprint density at radius 3 is 3.00 bits per heavy atom. The van der Waals surface area contributed by atoms with E-state index in [4.69, 9.17) is 22.1 Å². The third-order valence-electron chi connectivity index (χ3n) is 2.09. The third-order valence-corrected chi connectivity index (χ3v) is 7.64. The first-order valence-corrected chi connectivity index (χ1v) is 11.9. The van der Waals surface area contributed by atoms with Crippen molar-refractivity contribution in [1.29, 1.82) is 0 Å². The fourth-order valence-electron chi connectivity index (χ4n) is 1.42. The predicted octanol–water partition coefficient (Wildman–Crippen LogP) is 2.61. The summed E-state index contributed by atoms with van der Waals surface area (Å²) in [7, 11) is 6.14. The first-order valence-electron chi connectivity index (χ1n) is 5.11. The maximum absolute atomic E-state index is 6.14. The topological polar surface area (TPSA) is 48.4 Å². The van der Waals surface area contributed by atoms with E-state index >= 15 is 0 Å². The Bertz CT molecular complexity index is 291. The first kappa shape index (κ1) is 13.4. The van der Waals surface area contributed by atoms with E-state index in [1.54, 1.807) is 6.26 Å². The van der Waals surface area contributed by atoms with E-state index in [0.29, 0.717) is 0 Å². The van der Waals surface area contributed by atoms with Crippen LogP contribution in [0.3, 0.4) is 0 Å². The molecule has 0 aliphatic heterocycles. The summed E-state index contributed by atoms with van der Waals surface area (Å²) >= 11 is -2.04. The van der Waals surface area contributed by atoms with Crippen LogP contribution in [0.15, 0.2) is 16.7 Å². The van der Waals surface area contributed by atoms with Gasteiger partial charge in [0.05, 0.1) is 0 Å². The molecule has 85 valence electrons. The summed E-state index contributed by atoms with van der Waals surface area (Å²) < 4.78 is 11.7. The standard InChI is InChI=1S/C8H12NO.C2H5O.ClH.Sn/c1-3-7-4-5-10-8(7)6(2)9;1-2-3;;/h4-6H,1,3,9H2,2H3;2H2,1H3;1H;/q;-1;;+2/p-1. The molecule has 1 aromatic heterocycles. The van der Waals surface area contributed by atoms with Gasteiger partial charge >= 0.3 is 102 Å². The molecule has 0 spiro atoms. The number of nitrogens with two attached hydrogens (primary N) is 1. The van der Waals surface area contributed by atoms with Crippen LogP contribution in [0, 0.1) is 0 Å². The molecule has 0 saturated carbocycles. The van der Waals surface area contributed by atoms with E-state index in [1.807, 2.05) is 19.9 Å². The zero-order chi connectivity index (χ0) is 11.3. The Hall–Kier alpha value is 0.289. The zero-order valence-electron chi connectivity index (χ0n) is 9.13. The monoisotopic (exact) mass is 338 g/mol. The zero-order valence-corrected chi connectivity index (χ0v) is 12.7. The van der Waals surface area contributed by atoms with Crippen molar-refractivity contribution in [2.45, 2.75) is 30.7 Å². The minimum atomic E-state index is -2.04. The van der Waals surface area contributed by atoms with Crippen LogP contribution in [-0.2, 0) is 9.49 Å². The number of rotatable bonds is 6. The van der Waals surface area contributed by atoms with E-state index in [-0.39, 0.29) is 6.04 Å². The molecule has 1 aromatic rings. The average Bonchev–Trinajstić information content (AvgIpc) is 2.63. The maximum atomic E-state index is 6.14. The summed E-state index contributed by atoms with van der Waals surface area (Å²) in [6.07, 6.45) is 2.61. The SMILES string of the molecule is CC[O][Sn]([Cl])[CH2]Cc1ccoc1C(C)N. The van der Waals surface area contributed by atoms with Crippen molar-refractivity contribution in [3.63, 3.8) is 0 Å². The van der Waals surface area contributed by atoms with E-state index in [2.05, 4.69) is 0 Å². The molecule has 1 atom stereocenters. The van der Waals surface area contributed by atoms with Crippen molar-refractivity contribution in [3.05, 3.63) is 23.7 Å². The summed E-state index contributed by atoms with van der Waals surface area (Å²) in [6.45, 7) is 4.63. The van der Waals surface area contributed by atoms with Gasteiger partial charge in [-0.25, -0.2) is 0 Å². The summed E-state index contributed by atoms with van der Waals surface area (Å²) in [5, 5.41) is 0. The van der Waals surface area contributed by atoms with Gasteiger partial charge in [-0.3, -0.25) is 0 Å². The molecule has 0 aliphatic carbocycles. The van der Waals surface area contributed by atoms with Gasteiger partial charge in [-0.2, -0.15) is 0 Å². The molecule has 0 bridgehead atoms. The average molecular weight is 337 g/mol. The molecule has 1 heterocycles. The quantitative estimate of drug-likeness (QED) is 0.812. The van der Waals surface area contributed by atoms with E-state index in [0.717, 1.165) is 23.2 Å². The van der Waals surface area contributed by atoms with Gasteiger partial charge in [0.2, 0.25) is 0 Å². The van der Waals surface area contributed by atoms with Gasteiger partial charge < -0.3 is 0 Å². The molecule has 15 heavy (non-hydrogen) atoms. The summed E-state index contributed by atoms with van der Waals surface area (Å²) in [5.41, 5.74) is 6.95. The fraction of sp³-hybridized carbons (Fsp3) is 0.600. The van der Waals surface area contributed by atoms with Crippen LogP contribution in [0.4, 0.5) is 0 Å². The van der Waals surface area contributed by atoms with E-state index in [9.17, 15) is 0 Å². The second kappa shape index (κ2) is 6.78. The van der Waals surface area contributed by atoms with Crippen molar-refractivity contribution < 1.29 is 7.49 Å². The molecule has 1 unspecified atom stereocenters. The summed E-state index contributed by atoms with van der Waals surface area (Å²) in [5.74, 6) is 0.874. The molecule has 0 saturated heterocycles. The molecule has 0 aliphatic rings. The Labute approximate surface area is 102 Å². The summed E-state index contributed by atoms with van der Waals surface area (Å²) in [4.78, 5) is 0. The van der Waals surface area contributed by atoms with Gasteiger partial charge in [0, 0.05) is 0 Å². The molecule has 3 nitrogen and oxygen atoms in total. The number of hydrogen-bond acceptors (Lipinski definition) is 3. The third kappa shape index (κ3) is 4.34.